The van der Waals surface area contributed by atoms with E-state index in [1.165, 1.54) is 34.1 Å². The molecule has 4 atom stereocenters. The highest BCUT2D eigenvalue weighted by atomic mass is 35.5. The second-order valence-corrected chi connectivity index (χ2v) is 22.5. The number of likely N-dealkylation sites (N-methyl/N-ethyl adjacent to an activating group) is 1. The number of halogens is 3. The minimum atomic E-state index is -1.01. The van der Waals surface area contributed by atoms with Crippen molar-refractivity contribution in [3.8, 4) is 27.3 Å². The third-order valence-corrected chi connectivity index (χ3v) is 15.5. The molecule has 0 bridgehead atoms. The number of carbonyl (C=O) groups excluding carboxylic acids is 5. The highest BCUT2D eigenvalue weighted by Gasteiger charge is 2.45. The van der Waals surface area contributed by atoms with Crippen molar-refractivity contribution in [3.05, 3.63) is 94.6 Å². The van der Waals surface area contributed by atoms with Gasteiger partial charge in [-0.3, -0.25) is 24.0 Å². The number of piperazine rings is 1. The van der Waals surface area contributed by atoms with Gasteiger partial charge in [0.2, 0.25) is 35.5 Å². The molecule has 0 aliphatic carbocycles. The highest BCUT2D eigenvalue weighted by molar-refractivity contribution is 7.13. The van der Waals surface area contributed by atoms with Crippen LogP contribution in [0.1, 0.15) is 57.8 Å². The predicted octanol–water partition coefficient (Wildman–Crippen LogP) is 5.90. The molecule has 83 heavy (non-hydrogen) atoms. The normalized spacial score (nSPS) is 16.2. The Bertz CT molecular complexity index is 3070. The summed E-state index contributed by atoms with van der Waals surface area (Å²) < 4.78 is 53.9. The van der Waals surface area contributed by atoms with Gasteiger partial charge in [0.15, 0.2) is 5.82 Å². The van der Waals surface area contributed by atoms with Crippen molar-refractivity contribution in [2.45, 2.75) is 71.7 Å². The minimum absolute atomic E-state index is 0.00642. The number of rotatable bonds is 27. The van der Waals surface area contributed by atoms with Crippen molar-refractivity contribution in [1.82, 2.24) is 40.3 Å². The van der Waals surface area contributed by atoms with Gasteiger partial charge >= 0.3 is 0 Å². The Morgan fingerprint density at radius 2 is 1.59 bits per heavy atom. The van der Waals surface area contributed by atoms with Crippen LogP contribution in [0.25, 0.3) is 32.5 Å². The van der Waals surface area contributed by atoms with Gasteiger partial charge in [-0.1, -0.05) is 69.3 Å². The number of aliphatic hydroxyl groups excluding tert-OH is 1. The molecule has 2 aliphatic rings. The first-order valence-corrected chi connectivity index (χ1v) is 28.6. The Hall–Kier alpha value is -6.93. The minimum Gasteiger partial charge on any atom is -0.507 e. The van der Waals surface area contributed by atoms with Gasteiger partial charge < -0.3 is 64.7 Å². The van der Waals surface area contributed by atoms with Crippen molar-refractivity contribution in [1.29, 1.82) is 0 Å². The Labute approximate surface area is 490 Å². The van der Waals surface area contributed by atoms with Crippen LogP contribution in [0.2, 0.25) is 5.02 Å². The molecular formula is C58H73ClF2N10O11S. The second-order valence-electron chi connectivity index (χ2n) is 21.2. The van der Waals surface area contributed by atoms with Gasteiger partial charge in [-0.15, -0.1) is 11.3 Å². The number of fused-ring (bicyclic) bond motifs is 1. The molecule has 3 aromatic carbocycles. The number of likely N-dealkylation sites (tertiary alicyclic amines) is 1. The van der Waals surface area contributed by atoms with Gasteiger partial charge in [0, 0.05) is 76.7 Å². The summed E-state index contributed by atoms with van der Waals surface area (Å²) in [5.41, 5.74) is 2.92. The van der Waals surface area contributed by atoms with Crippen molar-refractivity contribution in [2.75, 3.05) is 116 Å². The second kappa shape index (κ2) is 29.5. The molecule has 5 aromatic rings. The molecule has 21 nitrogen and oxygen atoms in total. The standard InChI is InChI=1S/C58H73ClF2N10O11S/c1-8-46(75)69-18-20-70(21-19-69)54-40-31-41(59)48(49-42(60)10-9-11-44(49)73)50(61)51(40)66-57(67-54)62-17-16-47(76)68(7)22-23-79-24-25-80-26-27-81-28-29-82-33-45(74)65-53(58(4,5)6)56(78)71-32-39(72)30-43(71)55(77)64-35(2)37-12-14-38(15-13-37)52-36(3)63-34-83-52/h8-15,31,34-35,39,43,53,72-73H,1,16-30,32-33H2,2-7H3,(H,64,77)(H,65,74)(H,62,66,67)/t35?,39-,43+,53?/m1/s1. The summed E-state index contributed by atoms with van der Waals surface area (Å²) in [7, 11) is 1.63. The number of nitrogens with zero attached hydrogens (tertiary/aromatic N) is 7. The molecule has 2 aliphatic heterocycles. The number of phenolic OH excluding ortho intramolecular Hbond substituents is 1. The molecule has 0 radical (unpaired) electrons. The van der Waals surface area contributed by atoms with Crippen LogP contribution in [0.15, 0.2) is 66.7 Å². The lowest BCUT2D eigenvalue weighted by Crippen LogP contribution is -2.58. The molecule has 5 N–H and O–H groups in total. The quantitative estimate of drug-likeness (QED) is 0.0303. The number of ether oxygens (including phenoxy) is 4. The molecule has 2 unspecified atom stereocenters. The number of aromatic hydroxyl groups is 1. The number of anilines is 2. The predicted molar refractivity (Wildman–Crippen MR) is 311 cm³/mol. The van der Waals surface area contributed by atoms with E-state index in [1.54, 1.807) is 49.6 Å². The maximum Gasteiger partial charge on any atom is 0.246 e. The summed E-state index contributed by atoms with van der Waals surface area (Å²) in [5, 5.41) is 30.0. The fourth-order valence-corrected chi connectivity index (χ4v) is 10.7. The number of amides is 5. The van der Waals surface area contributed by atoms with E-state index in [-0.39, 0.29) is 131 Å². The largest absolute Gasteiger partial charge is 0.507 e. The van der Waals surface area contributed by atoms with E-state index in [1.807, 2.05) is 43.0 Å². The number of aromatic nitrogens is 3. The van der Waals surface area contributed by atoms with Crippen molar-refractivity contribution in [3.63, 3.8) is 0 Å². The first-order valence-electron chi connectivity index (χ1n) is 27.4. The first kappa shape index (κ1) is 63.6. The summed E-state index contributed by atoms with van der Waals surface area (Å²) in [4.78, 5) is 86.9. The summed E-state index contributed by atoms with van der Waals surface area (Å²) in [5.74, 6) is -3.92. The van der Waals surface area contributed by atoms with Crippen LogP contribution in [-0.4, -0.2) is 193 Å². The van der Waals surface area contributed by atoms with E-state index in [0.29, 0.717) is 32.0 Å². The molecule has 2 fully saturated rings. The lowest BCUT2D eigenvalue weighted by molar-refractivity contribution is -0.144. The summed E-state index contributed by atoms with van der Waals surface area (Å²) in [6.07, 6.45) is 0.408. The maximum atomic E-state index is 16.5. The van der Waals surface area contributed by atoms with Crippen LogP contribution in [0.5, 0.6) is 5.75 Å². The van der Waals surface area contributed by atoms with Crippen molar-refractivity contribution in [2.24, 2.45) is 5.41 Å². The zero-order chi connectivity index (χ0) is 60.0. The molecule has 5 amide bonds. The fraction of sp³-hybridized carbons (Fsp3) is 0.483. The molecular weight excluding hydrogens is 1120 g/mol. The number of hydrogen-bond acceptors (Lipinski definition) is 17. The van der Waals surface area contributed by atoms with Crippen molar-refractivity contribution >= 4 is 75.1 Å². The molecule has 7 rings (SSSR count). The lowest BCUT2D eigenvalue weighted by atomic mass is 9.85. The van der Waals surface area contributed by atoms with E-state index < -0.39 is 64.3 Å². The van der Waals surface area contributed by atoms with Crippen LogP contribution >= 0.6 is 22.9 Å². The number of carbonyl (C=O) groups is 5. The van der Waals surface area contributed by atoms with E-state index >= 15 is 8.78 Å². The number of aryl methyl sites for hydroxylation is 1. The summed E-state index contributed by atoms with van der Waals surface area (Å²) in [6.45, 7) is 15.7. The highest BCUT2D eigenvalue weighted by Crippen LogP contribution is 2.43. The third kappa shape index (κ3) is 16.7. The zero-order valence-corrected chi connectivity index (χ0v) is 49.1. The number of phenols is 1. The summed E-state index contributed by atoms with van der Waals surface area (Å²) in [6, 6.07) is 10.5. The number of aliphatic hydroxyl groups is 1. The smallest absolute Gasteiger partial charge is 0.246 e. The first-order chi connectivity index (χ1) is 39.7. The van der Waals surface area contributed by atoms with E-state index in [2.05, 4.69) is 37.5 Å². The average molecular weight is 1190 g/mol. The van der Waals surface area contributed by atoms with Crippen LogP contribution in [0, 0.1) is 24.0 Å². The molecule has 2 saturated heterocycles. The van der Waals surface area contributed by atoms with E-state index in [0.717, 1.165) is 27.8 Å². The number of benzene rings is 3. The maximum absolute atomic E-state index is 16.5. The van der Waals surface area contributed by atoms with Crippen LogP contribution in [-0.2, 0) is 42.9 Å². The van der Waals surface area contributed by atoms with Gasteiger partial charge in [-0.05, 0) is 54.7 Å². The Balaban J connectivity index is 0.770. The number of β-amino-alcohol motifs (C(OH)–C–C–N with tert-alkyl or cyclic N) is 1. The monoisotopic (exact) mass is 1190 g/mol. The number of thiazole rings is 1. The van der Waals surface area contributed by atoms with E-state index in [4.69, 9.17) is 30.5 Å². The van der Waals surface area contributed by atoms with Crippen molar-refractivity contribution < 1.29 is 61.9 Å². The molecule has 0 saturated carbocycles. The topological polar surface area (TPSA) is 250 Å². The van der Waals surface area contributed by atoms with E-state index in [9.17, 15) is 34.2 Å². The molecule has 0 spiro atoms. The number of nitrogens with one attached hydrogen (secondary N) is 3. The van der Waals surface area contributed by atoms with Gasteiger partial charge in [-0.2, -0.15) is 4.98 Å². The molecule has 4 heterocycles. The Kier molecular flexibility index (Phi) is 22.7. The Morgan fingerprint density at radius 1 is 0.928 bits per heavy atom. The average Bonchev–Trinajstić information content (AvgIpc) is 2.90. The van der Waals surface area contributed by atoms with Gasteiger partial charge in [0.1, 0.15) is 41.6 Å². The van der Waals surface area contributed by atoms with Gasteiger partial charge in [0.25, 0.3) is 0 Å². The molecule has 25 heteroatoms. The van der Waals surface area contributed by atoms with Crippen LogP contribution in [0.3, 0.4) is 0 Å². The SMILES string of the molecule is C=CC(=O)N1CCN(c2nc(NCCC(=O)N(C)CCOCCOCCOCCOCC(=O)NC(C(=O)N3C[C@H](O)C[C@H]3C(=O)NC(C)c3ccc(-c4scnc4C)cc3)C(C)(C)C)nc3c(F)c(-c4c(O)cccc4F)c(Cl)cc23)CC1. The molecule has 2 aromatic heterocycles. The number of hydrogen-bond donors (Lipinski definition) is 5. The van der Waals surface area contributed by atoms with Gasteiger partial charge in [0.05, 0.1) is 85.1 Å². The zero-order valence-electron chi connectivity index (χ0n) is 47.6. The summed E-state index contributed by atoms with van der Waals surface area (Å²) >= 11 is 8.13. The van der Waals surface area contributed by atoms with Crippen LogP contribution in [0.4, 0.5) is 20.5 Å². The molecule has 448 valence electrons. The van der Waals surface area contributed by atoms with Crippen LogP contribution < -0.4 is 20.9 Å². The van der Waals surface area contributed by atoms with Gasteiger partial charge in [-0.25, -0.2) is 18.7 Å². The fourth-order valence-electron chi connectivity index (χ4n) is 9.60. The Morgan fingerprint density at radius 3 is 2.22 bits per heavy atom. The lowest BCUT2D eigenvalue weighted by Gasteiger charge is -2.35. The third-order valence-electron chi connectivity index (χ3n) is 14.2.